The minimum absolute atomic E-state index is 0.121. The number of hydrogen-bond donors (Lipinski definition) is 2. The topological polar surface area (TPSA) is 105 Å². The van der Waals surface area contributed by atoms with Crippen molar-refractivity contribution in [1.82, 2.24) is 4.31 Å². The lowest BCUT2D eigenvalue weighted by Crippen LogP contribution is -2.44. The molecule has 176 valence electrons. The number of aryl methyl sites for hydroxylation is 3. The van der Waals surface area contributed by atoms with E-state index in [1.165, 1.54) is 10.4 Å². The van der Waals surface area contributed by atoms with Gasteiger partial charge in [-0.05, 0) is 55.9 Å². The number of piperidine rings is 1. The van der Waals surface area contributed by atoms with E-state index in [1.54, 1.807) is 13.0 Å². The second kappa shape index (κ2) is 9.15. The maximum Gasteiger partial charge on any atom is 0.262 e. The first kappa shape index (κ1) is 23.3. The standard InChI is InChI=1S/C24H29N3O5S/c1-4-17-8-5-7-15(2)23(17)26-24(29)18-9-6-10-27(13-18)33(30,31)21-12-20-19(11-16(21)3)25-22(28)14-32-20/h5,7-8,11-12,18H,4,6,9-10,13-14H2,1-3H3,(H,25,28)(H,26,29). The number of carbonyl (C=O) groups is 2. The number of carbonyl (C=O) groups excluding carboxylic acids is 2. The molecule has 2 aromatic rings. The Hall–Kier alpha value is -2.91. The first-order valence-electron chi connectivity index (χ1n) is 11.2. The first-order chi connectivity index (χ1) is 15.7. The van der Waals surface area contributed by atoms with Crippen LogP contribution in [0, 0.1) is 19.8 Å². The Balaban J connectivity index is 1.55. The van der Waals surface area contributed by atoms with Crippen LogP contribution < -0.4 is 15.4 Å². The molecule has 1 unspecified atom stereocenters. The van der Waals surface area contributed by atoms with E-state index in [2.05, 4.69) is 10.6 Å². The molecule has 2 heterocycles. The van der Waals surface area contributed by atoms with Crippen LogP contribution in [0.3, 0.4) is 0 Å². The third-order valence-electron chi connectivity index (χ3n) is 6.27. The molecule has 0 bridgehead atoms. The van der Waals surface area contributed by atoms with Gasteiger partial charge in [-0.15, -0.1) is 0 Å². The number of nitrogens with zero attached hydrogens (tertiary/aromatic N) is 1. The number of anilines is 2. The van der Waals surface area contributed by atoms with Crippen LogP contribution in [-0.4, -0.2) is 44.2 Å². The molecule has 9 heteroatoms. The highest BCUT2D eigenvalue weighted by Gasteiger charge is 2.35. The number of nitrogens with one attached hydrogen (secondary N) is 2. The molecule has 2 N–H and O–H groups in total. The second-order valence-corrected chi connectivity index (χ2v) is 10.5. The highest BCUT2D eigenvalue weighted by Crippen LogP contribution is 2.35. The largest absolute Gasteiger partial charge is 0.482 e. The van der Waals surface area contributed by atoms with Crippen molar-refractivity contribution in [2.24, 2.45) is 5.92 Å². The molecule has 2 amide bonds. The van der Waals surface area contributed by atoms with E-state index >= 15 is 0 Å². The molecule has 0 aliphatic carbocycles. The number of ether oxygens (including phenoxy) is 1. The van der Waals surface area contributed by atoms with Crippen molar-refractivity contribution < 1.29 is 22.7 Å². The summed E-state index contributed by atoms with van der Waals surface area (Å²) >= 11 is 0. The Morgan fingerprint density at radius 1 is 1.24 bits per heavy atom. The van der Waals surface area contributed by atoms with Gasteiger partial charge in [0.1, 0.15) is 5.75 Å². The van der Waals surface area contributed by atoms with Crippen LogP contribution in [0.4, 0.5) is 11.4 Å². The summed E-state index contributed by atoms with van der Waals surface area (Å²) in [7, 11) is -3.84. The maximum atomic E-state index is 13.5. The maximum absolute atomic E-state index is 13.5. The monoisotopic (exact) mass is 471 g/mol. The lowest BCUT2D eigenvalue weighted by Gasteiger charge is -2.32. The van der Waals surface area contributed by atoms with Gasteiger partial charge >= 0.3 is 0 Å². The fourth-order valence-electron chi connectivity index (χ4n) is 4.44. The predicted octanol–water partition coefficient (Wildman–Crippen LogP) is 3.24. The van der Waals surface area contributed by atoms with Gasteiger partial charge in [0.15, 0.2) is 6.61 Å². The van der Waals surface area contributed by atoms with E-state index in [9.17, 15) is 18.0 Å². The molecule has 33 heavy (non-hydrogen) atoms. The van der Waals surface area contributed by atoms with Gasteiger partial charge in [0.05, 0.1) is 16.5 Å². The highest BCUT2D eigenvalue weighted by atomic mass is 32.2. The summed E-state index contributed by atoms with van der Waals surface area (Å²) in [6.07, 6.45) is 2.02. The summed E-state index contributed by atoms with van der Waals surface area (Å²) in [5, 5.41) is 5.74. The van der Waals surface area contributed by atoms with E-state index in [-0.39, 0.29) is 29.9 Å². The Kier molecular flexibility index (Phi) is 6.45. The quantitative estimate of drug-likeness (QED) is 0.697. The van der Waals surface area contributed by atoms with Gasteiger partial charge in [-0.3, -0.25) is 9.59 Å². The Labute approximate surface area is 194 Å². The zero-order valence-electron chi connectivity index (χ0n) is 19.1. The zero-order valence-corrected chi connectivity index (χ0v) is 19.9. The minimum atomic E-state index is -3.84. The molecule has 0 radical (unpaired) electrons. The Bertz CT molecular complexity index is 1210. The number of para-hydroxylation sites is 1. The fraction of sp³-hybridized carbons (Fsp3) is 0.417. The van der Waals surface area contributed by atoms with Crippen molar-refractivity contribution >= 4 is 33.2 Å². The van der Waals surface area contributed by atoms with Crippen molar-refractivity contribution in [2.75, 3.05) is 30.3 Å². The van der Waals surface area contributed by atoms with Crippen molar-refractivity contribution in [3.05, 3.63) is 47.0 Å². The third-order valence-corrected chi connectivity index (χ3v) is 8.28. The van der Waals surface area contributed by atoms with E-state index in [4.69, 9.17) is 4.74 Å². The smallest absolute Gasteiger partial charge is 0.262 e. The molecule has 8 nitrogen and oxygen atoms in total. The van der Waals surface area contributed by atoms with Gasteiger partial charge in [-0.25, -0.2) is 8.42 Å². The molecule has 1 saturated heterocycles. The number of benzene rings is 2. The Morgan fingerprint density at radius 3 is 2.79 bits per heavy atom. The summed E-state index contributed by atoms with van der Waals surface area (Å²) in [6.45, 7) is 6.00. The summed E-state index contributed by atoms with van der Waals surface area (Å²) in [6, 6.07) is 8.98. The summed E-state index contributed by atoms with van der Waals surface area (Å²) < 4.78 is 33.8. The fourth-order valence-corrected chi connectivity index (χ4v) is 6.18. The third kappa shape index (κ3) is 4.60. The van der Waals surface area contributed by atoms with E-state index in [1.807, 2.05) is 32.0 Å². The van der Waals surface area contributed by atoms with Crippen LogP contribution in [-0.2, 0) is 26.0 Å². The summed E-state index contributed by atoms with van der Waals surface area (Å²) in [5.74, 6) is -0.544. The summed E-state index contributed by atoms with van der Waals surface area (Å²) in [4.78, 5) is 24.8. The lowest BCUT2D eigenvalue weighted by atomic mass is 9.98. The molecule has 2 aliphatic rings. The first-order valence-corrected chi connectivity index (χ1v) is 12.6. The van der Waals surface area contributed by atoms with Crippen LogP contribution in [0.2, 0.25) is 0 Å². The van der Waals surface area contributed by atoms with Crippen LogP contribution in [0.1, 0.15) is 36.5 Å². The molecule has 1 atom stereocenters. The van der Waals surface area contributed by atoms with Crippen molar-refractivity contribution in [3.8, 4) is 5.75 Å². The average Bonchev–Trinajstić information content (AvgIpc) is 2.79. The van der Waals surface area contributed by atoms with Crippen molar-refractivity contribution in [1.29, 1.82) is 0 Å². The minimum Gasteiger partial charge on any atom is -0.482 e. The van der Waals surface area contributed by atoms with Crippen LogP contribution in [0.15, 0.2) is 35.2 Å². The lowest BCUT2D eigenvalue weighted by molar-refractivity contribution is -0.121. The normalized spacial score (nSPS) is 18.8. The molecular weight excluding hydrogens is 442 g/mol. The van der Waals surface area contributed by atoms with E-state index in [0.29, 0.717) is 36.4 Å². The predicted molar refractivity (Wildman–Crippen MR) is 126 cm³/mol. The molecule has 0 saturated carbocycles. The number of fused-ring (bicyclic) bond motifs is 1. The van der Waals surface area contributed by atoms with Crippen LogP contribution in [0.5, 0.6) is 5.75 Å². The zero-order chi connectivity index (χ0) is 23.8. The van der Waals surface area contributed by atoms with Crippen LogP contribution >= 0.6 is 0 Å². The van der Waals surface area contributed by atoms with E-state index < -0.39 is 15.9 Å². The number of sulfonamides is 1. The molecule has 1 fully saturated rings. The molecule has 4 rings (SSSR count). The molecule has 0 aromatic heterocycles. The number of hydrogen-bond acceptors (Lipinski definition) is 5. The number of amides is 2. The Morgan fingerprint density at radius 2 is 2.03 bits per heavy atom. The van der Waals surface area contributed by atoms with Gasteiger partial charge in [0, 0.05) is 24.8 Å². The SMILES string of the molecule is CCc1cccc(C)c1NC(=O)C1CCCN(S(=O)(=O)c2cc3c(cc2C)NC(=O)CO3)C1. The molecule has 2 aliphatic heterocycles. The highest BCUT2D eigenvalue weighted by molar-refractivity contribution is 7.89. The molecule has 0 spiro atoms. The molecule has 2 aromatic carbocycles. The van der Waals surface area contributed by atoms with Gasteiger partial charge in [-0.2, -0.15) is 4.31 Å². The van der Waals surface area contributed by atoms with Gasteiger partial charge in [0.25, 0.3) is 5.91 Å². The van der Waals surface area contributed by atoms with Crippen LogP contribution in [0.25, 0.3) is 0 Å². The average molecular weight is 472 g/mol. The van der Waals surface area contributed by atoms with Gasteiger partial charge in [-0.1, -0.05) is 25.1 Å². The number of rotatable bonds is 5. The van der Waals surface area contributed by atoms with Gasteiger partial charge in [0.2, 0.25) is 15.9 Å². The van der Waals surface area contributed by atoms with Gasteiger partial charge < -0.3 is 15.4 Å². The second-order valence-electron chi connectivity index (χ2n) is 8.60. The van der Waals surface area contributed by atoms with Crippen molar-refractivity contribution in [2.45, 2.75) is 44.9 Å². The van der Waals surface area contributed by atoms with Crippen molar-refractivity contribution in [3.63, 3.8) is 0 Å². The summed E-state index contributed by atoms with van der Waals surface area (Å²) in [5.41, 5.74) is 3.83. The molecular formula is C24H29N3O5S. The van der Waals surface area contributed by atoms with E-state index in [0.717, 1.165) is 23.2 Å².